The van der Waals surface area contributed by atoms with E-state index in [0.29, 0.717) is 14.9 Å². The van der Waals surface area contributed by atoms with Crippen LogP contribution in [0.25, 0.3) is 0 Å². The molecule has 1 rings (SSSR count). The summed E-state index contributed by atoms with van der Waals surface area (Å²) in [5.74, 6) is -0.407. The summed E-state index contributed by atoms with van der Waals surface area (Å²) >= 11 is 13.2. The summed E-state index contributed by atoms with van der Waals surface area (Å²) in [7, 11) is 1.44. The monoisotopic (exact) mass is 306 g/mol. The number of halogens is 2. The first-order valence-electron chi connectivity index (χ1n) is 5.09. The van der Waals surface area contributed by atoms with Gasteiger partial charge in [-0.25, -0.2) is 4.79 Å². The van der Waals surface area contributed by atoms with Crippen molar-refractivity contribution in [1.82, 2.24) is 10.6 Å². The van der Waals surface area contributed by atoms with Crippen LogP contribution in [0.4, 0.5) is 4.79 Å². The largest absolute Gasteiger partial charge is 0.341 e. The Morgan fingerprint density at radius 2 is 1.83 bits per heavy atom. The highest BCUT2D eigenvalue weighted by Gasteiger charge is 2.19. The van der Waals surface area contributed by atoms with E-state index in [9.17, 15) is 9.59 Å². The lowest BCUT2D eigenvalue weighted by atomic mass is 10.4. The third kappa shape index (κ3) is 4.08. The van der Waals surface area contributed by atoms with Gasteiger partial charge >= 0.3 is 6.03 Å². The van der Waals surface area contributed by atoms with E-state index in [1.807, 2.05) is 0 Å². The standard InChI is InChI=1S/C11H12Cl2N2O2S/c1-6(10(16)15-11(17)14-2)18-9-7(12)4-3-5-8(9)13/h3-6H,1-2H3,(H2,14,15,16,17)/t6-/m0/s1. The lowest BCUT2D eigenvalue weighted by Gasteiger charge is -2.12. The second-order valence-corrected chi connectivity index (χ2v) is 5.54. The predicted octanol–water partition coefficient (Wildman–Crippen LogP) is 2.93. The summed E-state index contributed by atoms with van der Waals surface area (Å²) in [6.07, 6.45) is 0. The van der Waals surface area contributed by atoms with Crippen molar-refractivity contribution >= 4 is 46.9 Å². The maximum atomic E-state index is 11.7. The number of rotatable bonds is 3. The van der Waals surface area contributed by atoms with Crippen LogP contribution in [0, 0.1) is 0 Å². The molecule has 1 atom stereocenters. The Morgan fingerprint density at radius 3 is 2.33 bits per heavy atom. The quantitative estimate of drug-likeness (QED) is 0.844. The Labute approximate surface area is 119 Å². The zero-order chi connectivity index (χ0) is 13.7. The van der Waals surface area contributed by atoms with Crippen LogP contribution in [0.15, 0.2) is 23.1 Å². The first kappa shape index (κ1) is 15.1. The molecule has 0 bridgehead atoms. The smallest absolute Gasteiger partial charge is 0.321 e. The lowest BCUT2D eigenvalue weighted by molar-refractivity contribution is -0.119. The fourth-order valence-electron chi connectivity index (χ4n) is 1.10. The minimum Gasteiger partial charge on any atom is -0.341 e. The van der Waals surface area contributed by atoms with Gasteiger partial charge < -0.3 is 5.32 Å². The molecule has 98 valence electrons. The van der Waals surface area contributed by atoms with Crippen LogP contribution in [0.5, 0.6) is 0 Å². The summed E-state index contributed by atoms with van der Waals surface area (Å²) < 4.78 is 0. The SMILES string of the molecule is CNC(=O)NC(=O)[C@H](C)Sc1c(Cl)cccc1Cl. The second-order valence-electron chi connectivity index (χ2n) is 3.38. The number of benzene rings is 1. The van der Waals surface area contributed by atoms with Gasteiger partial charge in [-0.2, -0.15) is 0 Å². The van der Waals surface area contributed by atoms with Gasteiger partial charge in [0.05, 0.1) is 15.3 Å². The second kappa shape index (κ2) is 6.87. The third-order valence-corrected chi connectivity index (χ3v) is 4.14. The molecular weight excluding hydrogens is 295 g/mol. The number of urea groups is 1. The summed E-state index contributed by atoms with van der Waals surface area (Å²) in [6, 6.07) is 4.57. The number of thioether (sulfide) groups is 1. The average molecular weight is 307 g/mol. The van der Waals surface area contributed by atoms with Gasteiger partial charge in [0.25, 0.3) is 0 Å². The molecule has 0 fully saturated rings. The van der Waals surface area contributed by atoms with Crippen molar-refractivity contribution in [3.63, 3.8) is 0 Å². The highest BCUT2D eigenvalue weighted by atomic mass is 35.5. The highest BCUT2D eigenvalue weighted by molar-refractivity contribution is 8.00. The van der Waals surface area contributed by atoms with E-state index in [4.69, 9.17) is 23.2 Å². The molecule has 18 heavy (non-hydrogen) atoms. The molecule has 0 radical (unpaired) electrons. The van der Waals surface area contributed by atoms with Gasteiger partial charge in [0.15, 0.2) is 0 Å². The molecule has 3 amide bonds. The number of carbonyl (C=O) groups excluding carboxylic acids is 2. The molecule has 0 unspecified atom stereocenters. The minimum absolute atomic E-state index is 0.407. The van der Waals surface area contributed by atoms with Crippen molar-refractivity contribution in [1.29, 1.82) is 0 Å². The fourth-order valence-corrected chi connectivity index (χ4v) is 2.65. The molecule has 1 aromatic rings. The lowest BCUT2D eigenvalue weighted by Crippen LogP contribution is -2.41. The number of hydrogen-bond donors (Lipinski definition) is 2. The fraction of sp³-hybridized carbons (Fsp3) is 0.273. The average Bonchev–Trinajstić information content (AvgIpc) is 2.33. The molecule has 0 heterocycles. The van der Waals surface area contributed by atoms with Crippen LogP contribution >= 0.6 is 35.0 Å². The molecule has 0 aliphatic carbocycles. The molecule has 7 heteroatoms. The van der Waals surface area contributed by atoms with E-state index >= 15 is 0 Å². The first-order valence-corrected chi connectivity index (χ1v) is 6.72. The van der Waals surface area contributed by atoms with Gasteiger partial charge in [0.2, 0.25) is 5.91 Å². The summed E-state index contributed by atoms with van der Waals surface area (Å²) in [4.78, 5) is 23.3. The van der Waals surface area contributed by atoms with E-state index in [2.05, 4.69) is 10.6 Å². The van der Waals surface area contributed by atoms with Crippen molar-refractivity contribution in [3.8, 4) is 0 Å². The van der Waals surface area contributed by atoms with Gasteiger partial charge in [-0.05, 0) is 19.1 Å². The molecule has 0 spiro atoms. The number of carbonyl (C=O) groups is 2. The van der Waals surface area contributed by atoms with Gasteiger partial charge in [-0.3, -0.25) is 10.1 Å². The Morgan fingerprint density at radius 1 is 1.28 bits per heavy atom. The number of hydrogen-bond acceptors (Lipinski definition) is 3. The zero-order valence-electron chi connectivity index (χ0n) is 9.79. The molecule has 1 aromatic carbocycles. The van der Waals surface area contributed by atoms with Crippen LogP contribution in [0.2, 0.25) is 10.0 Å². The van der Waals surface area contributed by atoms with Gasteiger partial charge in [0.1, 0.15) is 0 Å². The molecule has 0 saturated carbocycles. The molecule has 4 nitrogen and oxygen atoms in total. The van der Waals surface area contributed by atoms with Gasteiger partial charge in [0, 0.05) is 11.9 Å². The maximum Gasteiger partial charge on any atom is 0.321 e. The van der Waals surface area contributed by atoms with Crippen molar-refractivity contribution in [2.24, 2.45) is 0 Å². The molecule has 2 N–H and O–H groups in total. The Balaban J connectivity index is 2.72. The van der Waals surface area contributed by atoms with Crippen LogP contribution in [-0.2, 0) is 4.79 Å². The normalized spacial score (nSPS) is 11.8. The molecular formula is C11H12Cl2N2O2S. The van der Waals surface area contributed by atoms with Crippen molar-refractivity contribution in [2.75, 3.05) is 7.05 Å². The third-order valence-electron chi connectivity index (χ3n) is 2.05. The Kier molecular flexibility index (Phi) is 5.78. The number of nitrogens with one attached hydrogen (secondary N) is 2. The summed E-state index contributed by atoms with van der Waals surface area (Å²) in [6.45, 7) is 1.67. The van der Waals surface area contributed by atoms with Crippen LogP contribution in [-0.4, -0.2) is 24.2 Å². The van der Waals surface area contributed by atoms with Crippen LogP contribution in [0.3, 0.4) is 0 Å². The van der Waals surface area contributed by atoms with E-state index in [1.165, 1.54) is 18.8 Å². The van der Waals surface area contributed by atoms with E-state index in [1.54, 1.807) is 25.1 Å². The highest BCUT2D eigenvalue weighted by Crippen LogP contribution is 2.36. The van der Waals surface area contributed by atoms with E-state index in [-0.39, 0.29) is 0 Å². The predicted molar refractivity (Wildman–Crippen MR) is 74.4 cm³/mol. The van der Waals surface area contributed by atoms with Crippen LogP contribution in [0.1, 0.15) is 6.92 Å². The summed E-state index contributed by atoms with van der Waals surface area (Å²) in [5.41, 5.74) is 0. The van der Waals surface area contributed by atoms with E-state index < -0.39 is 17.2 Å². The Hall–Kier alpha value is -0.910. The molecule has 0 saturated heterocycles. The number of amides is 3. The topological polar surface area (TPSA) is 58.2 Å². The molecule has 0 aromatic heterocycles. The Bertz CT molecular complexity index is 448. The zero-order valence-corrected chi connectivity index (χ0v) is 12.1. The molecule has 0 aliphatic rings. The summed E-state index contributed by atoms with van der Waals surface area (Å²) in [5, 5.41) is 4.97. The molecule has 0 aliphatic heterocycles. The van der Waals surface area contributed by atoms with Crippen molar-refractivity contribution in [3.05, 3.63) is 28.2 Å². The minimum atomic E-state index is -0.544. The van der Waals surface area contributed by atoms with Crippen molar-refractivity contribution in [2.45, 2.75) is 17.1 Å². The van der Waals surface area contributed by atoms with Crippen LogP contribution < -0.4 is 10.6 Å². The van der Waals surface area contributed by atoms with E-state index in [0.717, 1.165) is 0 Å². The van der Waals surface area contributed by atoms with Gasteiger partial charge in [-0.15, -0.1) is 11.8 Å². The first-order chi connectivity index (χ1) is 8.45. The maximum absolute atomic E-state index is 11.7. The van der Waals surface area contributed by atoms with Crippen molar-refractivity contribution < 1.29 is 9.59 Å². The number of imide groups is 1. The van der Waals surface area contributed by atoms with Gasteiger partial charge in [-0.1, -0.05) is 29.3 Å².